The van der Waals surface area contributed by atoms with Crippen molar-refractivity contribution in [3.8, 4) is 5.75 Å². The molecule has 0 bridgehead atoms. The number of hydrogen-bond donors (Lipinski definition) is 3. The molecule has 0 radical (unpaired) electrons. The van der Waals surface area contributed by atoms with Crippen LogP contribution in [0.5, 0.6) is 5.75 Å². The van der Waals surface area contributed by atoms with Gasteiger partial charge in [-0.3, -0.25) is 15.1 Å². The maximum atomic E-state index is 12.0. The highest BCUT2D eigenvalue weighted by atomic mass is 32.1. The molecule has 2 aromatic rings. The first kappa shape index (κ1) is 14.4. The van der Waals surface area contributed by atoms with Gasteiger partial charge in [0, 0.05) is 17.6 Å². The van der Waals surface area contributed by atoms with Crippen LogP contribution in [0, 0.1) is 0 Å². The molecule has 0 saturated heterocycles. The zero-order valence-electron chi connectivity index (χ0n) is 11.3. The van der Waals surface area contributed by atoms with Crippen LogP contribution in [-0.2, 0) is 0 Å². The number of pyridine rings is 1. The average Bonchev–Trinajstić information content (AvgIpc) is 2.88. The van der Waals surface area contributed by atoms with Gasteiger partial charge in [0.1, 0.15) is 5.75 Å². The maximum Gasteiger partial charge on any atom is 0.261 e. The van der Waals surface area contributed by atoms with Gasteiger partial charge in [-0.1, -0.05) is 6.92 Å². The lowest BCUT2D eigenvalue weighted by Gasteiger charge is -2.08. The highest BCUT2D eigenvalue weighted by molar-refractivity contribution is 7.14. The molecule has 106 valence electrons. The highest BCUT2D eigenvalue weighted by Gasteiger charge is 2.14. The van der Waals surface area contributed by atoms with Crippen LogP contribution in [-0.4, -0.2) is 27.5 Å². The molecule has 0 saturated carbocycles. The van der Waals surface area contributed by atoms with Gasteiger partial charge >= 0.3 is 0 Å². The Hall–Kier alpha value is -1.99. The molecular weight excluding hydrogens is 276 g/mol. The topological polar surface area (TPSA) is 87.1 Å². The Kier molecular flexibility index (Phi) is 4.65. The summed E-state index contributed by atoms with van der Waals surface area (Å²) in [6.45, 7) is 4.89. The molecule has 0 spiro atoms. The number of amides is 1. The van der Waals surface area contributed by atoms with E-state index in [0.717, 1.165) is 12.2 Å². The van der Waals surface area contributed by atoms with Crippen LogP contribution in [0.1, 0.15) is 35.9 Å². The number of carbonyl (C=O) groups excluding carboxylic acids is 1. The normalized spacial score (nSPS) is 12.1. The van der Waals surface area contributed by atoms with Crippen molar-refractivity contribution in [1.82, 2.24) is 15.3 Å². The summed E-state index contributed by atoms with van der Waals surface area (Å²) in [5.74, 6) is -0.551. The van der Waals surface area contributed by atoms with Gasteiger partial charge in [-0.25, -0.2) is 4.98 Å². The Morgan fingerprint density at radius 3 is 3.05 bits per heavy atom. The predicted molar refractivity (Wildman–Crippen MR) is 78.1 cm³/mol. The van der Waals surface area contributed by atoms with Gasteiger partial charge in [0.05, 0.1) is 17.5 Å². The fourth-order valence-electron chi connectivity index (χ4n) is 1.70. The molecule has 3 N–H and O–H groups in total. The standard InChI is InChI=1S/C13H16N4O2S/c1-3-15-8(2)10-7-20-13(16-10)17-12(19)9-4-5-14-6-11(9)18/h4-8,15,18H,3H2,1-2H3,(H,16,17,19). The summed E-state index contributed by atoms with van der Waals surface area (Å²) in [6, 6.07) is 1.59. The smallest absolute Gasteiger partial charge is 0.261 e. The van der Waals surface area contributed by atoms with E-state index in [-0.39, 0.29) is 17.4 Å². The minimum atomic E-state index is -0.401. The molecule has 1 unspecified atom stereocenters. The minimum Gasteiger partial charge on any atom is -0.505 e. The number of thiazole rings is 1. The van der Waals surface area contributed by atoms with Crippen LogP contribution in [0.3, 0.4) is 0 Å². The van der Waals surface area contributed by atoms with Crippen molar-refractivity contribution in [2.45, 2.75) is 19.9 Å². The molecule has 0 aliphatic rings. The van der Waals surface area contributed by atoms with E-state index < -0.39 is 5.91 Å². The van der Waals surface area contributed by atoms with Crippen molar-refractivity contribution >= 4 is 22.4 Å². The number of hydrogen-bond acceptors (Lipinski definition) is 6. The second-order valence-corrected chi connectivity index (χ2v) is 5.06. The number of carbonyl (C=O) groups is 1. The third-order valence-corrected chi connectivity index (χ3v) is 3.52. The zero-order valence-corrected chi connectivity index (χ0v) is 12.1. The molecule has 2 heterocycles. The van der Waals surface area contributed by atoms with Crippen LogP contribution in [0.15, 0.2) is 23.8 Å². The van der Waals surface area contributed by atoms with Gasteiger partial charge in [-0.2, -0.15) is 0 Å². The summed E-state index contributed by atoms with van der Waals surface area (Å²) < 4.78 is 0. The van der Waals surface area contributed by atoms with Crippen LogP contribution in [0.25, 0.3) is 0 Å². The Morgan fingerprint density at radius 2 is 2.35 bits per heavy atom. The minimum absolute atomic E-state index is 0.135. The first-order valence-corrected chi connectivity index (χ1v) is 7.13. The summed E-state index contributed by atoms with van der Waals surface area (Å²) >= 11 is 1.35. The number of rotatable bonds is 5. The van der Waals surface area contributed by atoms with E-state index in [0.29, 0.717) is 5.13 Å². The van der Waals surface area contributed by atoms with E-state index in [1.807, 2.05) is 19.2 Å². The van der Waals surface area contributed by atoms with Crippen LogP contribution in [0.4, 0.5) is 5.13 Å². The molecule has 6 nitrogen and oxygen atoms in total. The molecule has 0 aliphatic carbocycles. The lowest BCUT2D eigenvalue weighted by Crippen LogP contribution is -2.18. The zero-order chi connectivity index (χ0) is 14.5. The van der Waals surface area contributed by atoms with Crippen LogP contribution < -0.4 is 10.6 Å². The lowest BCUT2D eigenvalue weighted by molar-refractivity contribution is 0.102. The third kappa shape index (κ3) is 3.31. The van der Waals surface area contributed by atoms with Gasteiger partial charge in [-0.15, -0.1) is 11.3 Å². The van der Waals surface area contributed by atoms with Crippen molar-refractivity contribution in [3.63, 3.8) is 0 Å². The quantitative estimate of drug-likeness (QED) is 0.786. The predicted octanol–water partition coefficient (Wildman–Crippen LogP) is 2.17. The average molecular weight is 292 g/mol. The number of nitrogens with one attached hydrogen (secondary N) is 2. The monoisotopic (exact) mass is 292 g/mol. The van der Waals surface area contributed by atoms with Gasteiger partial charge in [0.2, 0.25) is 0 Å². The van der Waals surface area contributed by atoms with E-state index in [1.54, 1.807) is 0 Å². The van der Waals surface area contributed by atoms with Gasteiger partial charge in [0.15, 0.2) is 5.13 Å². The Bertz CT molecular complexity index is 600. The SMILES string of the molecule is CCNC(C)c1csc(NC(=O)c2ccncc2O)n1. The van der Waals surface area contributed by atoms with E-state index in [1.165, 1.54) is 29.8 Å². The van der Waals surface area contributed by atoms with E-state index in [9.17, 15) is 9.90 Å². The first-order chi connectivity index (χ1) is 9.61. The second kappa shape index (κ2) is 6.44. The van der Waals surface area contributed by atoms with Crippen molar-refractivity contribution in [3.05, 3.63) is 35.1 Å². The van der Waals surface area contributed by atoms with Crippen LogP contribution >= 0.6 is 11.3 Å². The van der Waals surface area contributed by atoms with Crippen molar-refractivity contribution in [2.75, 3.05) is 11.9 Å². The van der Waals surface area contributed by atoms with Gasteiger partial charge < -0.3 is 10.4 Å². The van der Waals surface area contributed by atoms with Crippen LogP contribution in [0.2, 0.25) is 0 Å². The molecule has 1 atom stereocenters. The maximum absolute atomic E-state index is 12.0. The van der Waals surface area contributed by atoms with Crippen molar-refractivity contribution in [1.29, 1.82) is 0 Å². The molecule has 0 fully saturated rings. The largest absolute Gasteiger partial charge is 0.505 e. The van der Waals surface area contributed by atoms with E-state index in [4.69, 9.17) is 0 Å². The fourth-order valence-corrected chi connectivity index (χ4v) is 2.49. The first-order valence-electron chi connectivity index (χ1n) is 6.25. The number of anilines is 1. The van der Waals surface area contributed by atoms with E-state index in [2.05, 4.69) is 20.6 Å². The highest BCUT2D eigenvalue weighted by Crippen LogP contribution is 2.22. The summed E-state index contributed by atoms with van der Waals surface area (Å²) in [7, 11) is 0. The molecule has 0 aliphatic heterocycles. The fraction of sp³-hybridized carbons (Fsp3) is 0.308. The molecule has 20 heavy (non-hydrogen) atoms. The molecule has 1 amide bonds. The molecule has 2 aromatic heterocycles. The molecule has 7 heteroatoms. The Labute approximate surface area is 120 Å². The van der Waals surface area contributed by atoms with E-state index >= 15 is 0 Å². The number of aromatic hydroxyl groups is 1. The number of aromatic nitrogens is 2. The summed E-state index contributed by atoms with van der Waals surface area (Å²) in [4.78, 5) is 20.1. The van der Waals surface area contributed by atoms with Crippen molar-refractivity contribution in [2.24, 2.45) is 0 Å². The molecule has 2 rings (SSSR count). The Morgan fingerprint density at radius 1 is 1.55 bits per heavy atom. The lowest BCUT2D eigenvalue weighted by atomic mass is 10.2. The number of nitrogens with zero attached hydrogens (tertiary/aromatic N) is 2. The summed E-state index contributed by atoms with van der Waals surface area (Å²) in [5, 5.41) is 17.9. The van der Waals surface area contributed by atoms with Gasteiger partial charge in [-0.05, 0) is 19.5 Å². The summed E-state index contributed by atoms with van der Waals surface area (Å²) in [6.07, 6.45) is 2.69. The molecular formula is C13H16N4O2S. The van der Waals surface area contributed by atoms with Gasteiger partial charge in [0.25, 0.3) is 5.91 Å². The molecule has 0 aromatic carbocycles. The Balaban J connectivity index is 2.07. The third-order valence-electron chi connectivity index (χ3n) is 2.74. The summed E-state index contributed by atoms with van der Waals surface area (Å²) in [5.41, 5.74) is 1.06. The van der Waals surface area contributed by atoms with Crippen molar-refractivity contribution < 1.29 is 9.90 Å². The second-order valence-electron chi connectivity index (χ2n) is 4.20.